The van der Waals surface area contributed by atoms with Crippen molar-refractivity contribution in [2.24, 2.45) is 0 Å². The number of aromatic amines is 1. The molecule has 0 bridgehead atoms. The Morgan fingerprint density at radius 3 is 2.85 bits per heavy atom. The molecule has 0 fully saturated rings. The van der Waals surface area contributed by atoms with E-state index in [1.54, 1.807) is 12.3 Å². The second kappa shape index (κ2) is 4.65. The van der Waals surface area contributed by atoms with Crippen LogP contribution < -0.4 is 4.74 Å². The van der Waals surface area contributed by atoms with Gasteiger partial charge in [0, 0.05) is 12.3 Å². The van der Waals surface area contributed by atoms with Gasteiger partial charge in [0.1, 0.15) is 17.0 Å². The van der Waals surface area contributed by atoms with Crippen LogP contribution in [0.4, 0.5) is 0 Å². The number of hydrogen-bond acceptors (Lipinski definition) is 4. The minimum absolute atomic E-state index is 0.0825. The second-order valence-electron chi connectivity index (χ2n) is 4.18. The topological polar surface area (TPSA) is 88.1 Å². The molecule has 0 atom stereocenters. The summed E-state index contributed by atoms with van der Waals surface area (Å²) in [5, 5.41) is 9.15. The summed E-state index contributed by atoms with van der Waals surface area (Å²) in [6.07, 6.45) is 1.67. The fourth-order valence-corrected chi connectivity index (χ4v) is 2.00. The van der Waals surface area contributed by atoms with Crippen LogP contribution in [0, 0.1) is 0 Å². The Bertz CT molecular complexity index is 781. The molecule has 2 N–H and O–H groups in total. The van der Waals surface area contributed by atoms with Crippen molar-refractivity contribution in [3.8, 4) is 17.3 Å². The highest BCUT2D eigenvalue weighted by molar-refractivity contribution is 5.96. The minimum Gasteiger partial charge on any atom is -0.496 e. The van der Waals surface area contributed by atoms with Crippen LogP contribution in [0.1, 0.15) is 10.4 Å². The number of benzene rings is 1. The van der Waals surface area contributed by atoms with E-state index in [9.17, 15) is 4.79 Å². The summed E-state index contributed by atoms with van der Waals surface area (Å²) in [6, 6.07) is 8.61. The SMILES string of the molecule is COc1cc2[nH]c(-c3ccccn3)nc2cc1C(=O)O. The Kier molecular flexibility index (Phi) is 2.83. The van der Waals surface area contributed by atoms with Crippen LogP contribution >= 0.6 is 0 Å². The molecule has 0 saturated carbocycles. The molecule has 6 heteroatoms. The molecule has 0 aliphatic heterocycles. The fourth-order valence-electron chi connectivity index (χ4n) is 2.00. The average Bonchev–Trinajstić information content (AvgIpc) is 2.89. The lowest BCUT2D eigenvalue weighted by molar-refractivity contribution is 0.0693. The van der Waals surface area contributed by atoms with Crippen molar-refractivity contribution in [3.05, 3.63) is 42.1 Å². The first-order chi connectivity index (χ1) is 9.69. The van der Waals surface area contributed by atoms with Gasteiger partial charge < -0.3 is 14.8 Å². The van der Waals surface area contributed by atoms with E-state index in [0.29, 0.717) is 28.3 Å². The Morgan fingerprint density at radius 2 is 2.20 bits per heavy atom. The molecular weight excluding hydrogens is 258 g/mol. The number of nitrogens with one attached hydrogen (secondary N) is 1. The molecule has 0 unspecified atom stereocenters. The lowest BCUT2D eigenvalue weighted by atomic mass is 10.2. The number of carbonyl (C=O) groups is 1. The maximum Gasteiger partial charge on any atom is 0.339 e. The van der Waals surface area contributed by atoms with E-state index in [-0.39, 0.29) is 5.56 Å². The summed E-state index contributed by atoms with van der Waals surface area (Å²) < 4.78 is 5.09. The number of carboxylic acid groups (broad SMARTS) is 1. The lowest BCUT2D eigenvalue weighted by Gasteiger charge is -2.03. The number of nitrogens with zero attached hydrogens (tertiary/aromatic N) is 2. The van der Waals surface area contributed by atoms with Crippen LogP contribution in [0.3, 0.4) is 0 Å². The number of aromatic carboxylic acids is 1. The molecule has 3 rings (SSSR count). The maximum absolute atomic E-state index is 11.2. The Labute approximate surface area is 114 Å². The summed E-state index contributed by atoms with van der Waals surface area (Å²) in [6.45, 7) is 0. The first kappa shape index (κ1) is 12.2. The number of hydrogen-bond donors (Lipinski definition) is 2. The Morgan fingerprint density at radius 1 is 1.35 bits per heavy atom. The highest BCUT2D eigenvalue weighted by Gasteiger charge is 2.15. The fraction of sp³-hybridized carbons (Fsp3) is 0.0714. The van der Waals surface area contributed by atoms with Crippen LogP contribution in [0.25, 0.3) is 22.6 Å². The zero-order valence-electron chi connectivity index (χ0n) is 10.6. The van der Waals surface area contributed by atoms with Gasteiger partial charge in [-0.3, -0.25) is 4.98 Å². The normalized spacial score (nSPS) is 10.7. The molecule has 6 nitrogen and oxygen atoms in total. The quantitative estimate of drug-likeness (QED) is 0.761. The van der Waals surface area contributed by atoms with Gasteiger partial charge in [-0.25, -0.2) is 9.78 Å². The van der Waals surface area contributed by atoms with Crippen LogP contribution in [-0.2, 0) is 0 Å². The molecule has 2 aromatic heterocycles. The Hall–Kier alpha value is -2.89. The highest BCUT2D eigenvalue weighted by Crippen LogP contribution is 2.26. The monoisotopic (exact) mass is 269 g/mol. The van der Waals surface area contributed by atoms with Crippen molar-refractivity contribution < 1.29 is 14.6 Å². The molecule has 3 aromatic rings. The minimum atomic E-state index is -1.05. The number of rotatable bonds is 3. The maximum atomic E-state index is 11.2. The molecule has 2 heterocycles. The summed E-state index contributed by atoms with van der Waals surface area (Å²) in [5.74, 6) is -0.169. The third-order valence-electron chi connectivity index (χ3n) is 2.94. The first-order valence-corrected chi connectivity index (χ1v) is 5.91. The molecule has 0 aliphatic rings. The van der Waals surface area contributed by atoms with E-state index in [0.717, 1.165) is 0 Å². The number of methoxy groups -OCH3 is 1. The van der Waals surface area contributed by atoms with Gasteiger partial charge in [0.05, 0.1) is 18.1 Å². The molecule has 0 radical (unpaired) electrons. The van der Waals surface area contributed by atoms with E-state index in [1.807, 2.05) is 18.2 Å². The van der Waals surface area contributed by atoms with E-state index >= 15 is 0 Å². The number of carboxylic acids is 1. The summed E-state index contributed by atoms with van der Waals surface area (Å²) in [7, 11) is 1.43. The Balaban J connectivity index is 2.19. The van der Waals surface area contributed by atoms with Crippen LogP contribution in [0.2, 0.25) is 0 Å². The largest absolute Gasteiger partial charge is 0.496 e. The van der Waals surface area contributed by atoms with Crippen molar-refractivity contribution in [1.82, 2.24) is 15.0 Å². The number of ether oxygens (including phenoxy) is 1. The van der Waals surface area contributed by atoms with E-state index in [2.05, 4.69) is 15.0 Å². The third-order valence-corrected chi connectivity index (χ3v) is 2.94. The molecule has 20 heavy (non-hydrogen) atoms. The molecule has 100 valence electrons. The van der Waals surface area contributed by atoms with Crippen LogP contribution in [-0.4, -0.2) is 33.1 Å². The summed E-state index contributed by atoms with van der Waals surface area (Å²) >= 11 is 0. The number of imidazole rings is 1. The van der Waals surface area contributed by atoms with Gasteiger partial charge in [0.2, 0.25) is 0 Å². The average molecular weight is 269 g/mol. The van der Waals surface area contributed by atoms with Gasteiger partial charge in [0.15, 0.2) is 5.82 Å². The highest BCUT2D eigenvalue weighted by atomic mass is 16.5. The number of aromatic nitrogens is 3. The molecule has 0 spiro atoms. The summed E-state index contributed by atoms with van der Waals surface area (Å²) in [4.78, 5) is 22.8. The van der Waals surface area contributed by atoms with E-state index in [4.69, 9.17) is 9.84 Å². The van der Waals surface area contributed by atoms with Gasteiger partial charge in [-0.05, 0) is 18.2 Å². The lowest BCUT2D eigenvalue weighted by Crippen LogP contribution is -2.00. The van der Waals surface area contributed by atoms with Crippen LogP contribution in [0.5, 0.6) is 5.75 Å². The smallest absolute Gasteiger partial charge is 0.339 e. The van der Waals surface area contributed by atoms with Gasteiger partial charge >= 0.3 is 5.97 Å². The third kappa shape index (κ3) is 1.97. The van der Waals surface area contributed by atoms with Crippen molar-refractivity contribution in [3.63, 3.8) is 0 Å². The van der Waals surface area contributed by atoms with E-state index in [1.165, 1.54) is 13.2 Å². The predicted molar refractivity (Wildman–Crippen MR) is 72.8 cm³/mol. The van der Waals surface area contributed by atoms with Crippen molar-refractivity contribution >= 4 is 17.0 Å². The van der Waals surface area contributed by atoms with Crippen molar-refractivity contribution in [2.45, 2.75) is 0 Å². The van der Waals surface area contributed by atoms with Crippen LogP contribution in [0.15, 0.2) is 36.5 Å². The second-order valence-corrected chi connectivity index (χ2v) is 4.18. The summed E-state index contributed by atoms with van der Waals surface area (Å²) in [5.41, 5.74) is 2.04. The number of fused-ring (bicyclic) bond motifs is 1. The van der Waals surface area contributed by atoms with Gasteiger partial charge in [0.25, 0.3) is 0 Å². The number of pyridine rings is 1. The predicted octanol–water partition coefficient (Wildman–Crippen LogP) is 2.33. The van der Waals surface area contributed by atoms with Gasteiger partial charge in [-0.15, -0.1) is 0 Å². The van der Waals surface area contributed by atoms with Gasteiger partial charge in [-0.1, -0.05) is 6.07 Å². The zero-order chi connectivity index (χ0) is 14.1. The first-order valence-electron chi connectivity index (χ1n) is 5.91. The van der Waals surface area contributed by atoms with Gasteiger partial charge in [-0.2, -0.15) is 0 Å². The van der Waals surface area contributed by atoms with Crippen molar-refractivity contribution in [2.75, 3.05) is 7.11 Å². The van der Waals surface area contributed by atoms with E-state index < -0.39 is 5.97 Å². The van der Waals surface area contributed by atoms with Crippen molar-refractivity contribution in [1.29, 1.82) is 0 Å². The zero-order valence-corrected chi connectivity index (χ0v) is 10.6. The molecular formula is C14H11N3O3. The molecule has 0 aliphatic carbocycles. The number of H-pyrrole nitrogens is 1. The molecule has 1 aromatic carbocycles. The molecule has 0 saturated heterocycles. The standard InChI is InChI=1S/C14H11N3O3/c1-20-12-7-11-10(6-8(12)14(18)19)16-13(17-11)9-4-2-3-5-15-9/h2-7H,1H3,(H,16,17)(H,18,19). The molecule has 0 amide bonds.